The van der Waals surface area contributed by atoms with Crippen molar-refractivity contribution >= 4 is 11.6 Å². The first-order chi connectivity index (χ1) is 9.00. The summed E-state index contributed by atoms with van der Waals surface area (Å²) in [7, 11) is 0. The van der Waals surface area contributed by atoms with Crippen molar-refractivity contribution in [3.63, 3.8) is 0 Å². The number of hydrogen-bond donors (Lipinski definition) is 1. The van der Waals surface area contributed by atoms with Crippen molar-refractivity contribution in [3.05, 3.63) is 34.3 Å². The number of likely N-dealkylation sites (tertiary alicyclic amines) is 1. The van der Waals surface area contributed by atoms with E-state index in [0.717, 1.165) is 18.0 Å². The lowest BCUT2D eigenvalue weighted by molar-refractivity contribution is 0.143. The quantitative estimate of drug-likeness (QED) is 0.890. The van der Waals surface area contributed by atoms with Crippen LogP contribution in [0.3, 0.4) is 0 Å². The predicted molar refractivity (Wildman–Crippen MR) is 82.6 cm³/mol. The highest BCUT2D eigenvalue weighted by Gasteiger charge is 2.31. The van der Waals surface area contributed by atoms with Crippen LogP contribution >= 0.6 is 11.6 Å². The second-order valence-corrected chi connectivity index (χ2v) is 6.37. The van der Waals surface area contributed by atoms with Gasteiger partial charge in [0.2, 0.25) is 0 Å². The lowest BCUT2D eigenvalue weighted by atomic mass is 9.92. The molecule has 1 saturated heterocycles. The first kappa shape index (κ1) is 14.8. The Labute approximate surface area is 121 Å². The number of benzene rings is 1. The number of rotatable bonds is 2. The number of aryl methyl sites for hydroxylation is 1. The molecule has 0 amide bonds. The largest absolute Gasteiger partial charge is 0.326 e. The molecule has 2 rings (SSSR count). The van der Waals surface area contributed by atoms with Crippen LogP contribution < -0.4 is 5.73 Å². The summed E-state index contributed by atoms with van der Waals surface area (Å²) in [5.74, 6) is 0. The lowest BCUT2D eigenvalue weighted by Crippen LogP contribution is -2.43. The molecule has 106 valence electrons. The smallest absolute Gasteiger partial charge is 0.0504 e. The van der Waals surface area contributed by atoms with Crippen molar-refractivity contribution in [1.82, 2.24) is 4.90 Å². The highest BCUT2D eigenvalue weighted by Crippen LogP contribution is 2.33. The average Bonchev–Trinajstić information content (AvgIpc) is 2.52. The molecule has 2 N–H and O–H groups in total. The van der Waals surface area contributed by atoms with E-state index in [1.165, 1.54) is 24.0 Å². The van der Waals surface area contributed by atoms with Gasteiger partial charge >= 0.3 is 0 Å². The third kappa shape index (κ3) is 3.31. The van der Waals surface area contributed by atoms with E-state index in [9.17, 15) is 0 Å². The molecule has 0 aromatic heterocycles. The monoisotopic (exact) mass is 280 g/mol. The topological polar surface area (TPSA) is 29.3 Å². The molecule has 19 heavy (non-hydrogen) atoms. The van der Waals surface area contributed by atoms with E-state index in [1.807, 2.05) is 12.1 Å². The minimum atomic E-state index is 0.213. The summed E-state index contributed by atoms with van der Waals surface area (Å²) in [5, 5.41) is 0.805. The van der Waals surface area contributed by atoms with Gasteiger partial charge in [0.15, 0.2) is 0 Å². The lowest BCUT2D eigenvalue weighted by Gasteiger charge is -2.37. The normalized spacial score (nSPS) is 25.6. The van der Waals surface area contributed by atoms with Gasteiger partial charge in [-0.3, -0.25) is 4.90 Å². The van der Waals surface area contributed by atoms with Crippen molar-refractivity contribution in [2.24, 2.45) is 5.73 Å². The zero-order chi connectivity index (χ0) is 14.0. The summed E-state index contributed by atoms with van der Waals surface area (Å²) in [6, 6.07) is 7.24. The van der Waals surface area contributed by atoms with Gasteiger partial charge in [-0.2, -0.15) is 0 Å². The maximum atomic E-state index is 6.47. The van der Waals surface area contributed by atoms with Crippen molar-refractivity contribution in [1.29, 1.82) is 0 Å². The van der Waals surface area contributed by atoms with Gasteiger partial charge in [0, 0.05) is 17.1 Å². The van der Waals surface area contributed by atoms with Crippen LogP contribution in [0, 0.1) is 6.92 Å². The molecule has 1 aromatic rings. The van der Waals surface area contributed by atoms with E-state index < -0.39 is 0 Å². The molecule has 0 bridgehead atoms. The SMILES string of the molecule is Cc1cc(Cl)ccc1C1C(N)CCCCN1C(C)C. The first-order valence-corrected chi connectivity index (χ1v) is 7.66. The van der Waals surface area contributed by atoms with Crippen LogP contribution in [-0.2, 0) is 0 Å². The molecule has 1 aliphatic heterocycles. The molecule has 3 heteroatoms. The van der Waals surface area contributed by atoms with Gasteiger partial charge in [-0.15, -0.1) is 0 Å². The van der Waals surface area contributed by atoms with Crippen LogP contribution in [0.4, 0.5) is 0 Å². The minimum absolute atomic E-state index is 0.213. The fraction of sp³-hybridized carbons (Fsp3) is 0.625. The Kier molecular flexibility index (Phi) is 4.88. The van der Waals surface area contributed by atoms with E-state index in [2.05, 4.69) is 31.7 Å². The Balaban J connectivity index is 2.40. The highest BCUT2D eigenvalue weighted by molar-refractivity contribution is 6.30. The average molecular weight is 281 g/mol. The molecular weight excluding hydrogens is 256 g/mol. The molecule has 0 spiro atoms. The fourth-order valence-electron chi connectivity index (χ4n) is 3.18. The number of nitrogens with zero attached hydrogens (tertiary/aromatic N) is 1. The van der Waals surface area contributed by atoms with Gasteiger partial charge in [-0.25, -0.2) is 0 Å². The van der Waals surface area contributed by atoms with E-state index in [4.69, 9.17) is 17.3 Å². The van der Waals surface area contributed by atoms with Gasteiger partial charge < -0.3 is 5.73 Å². The summed E-state index contributed by atoms with van der Waals surface area (Å²) < 4.78 is 0. The molecular formula is C16H25ClN2. The fourth-order valence-corrected chi connectivity index (χ4v) is 3.40. The van der Waals surface area contributed by atoms with Crippen LogP contribution in [-0.4, -0.2) is 23.5 Å². The molecule has 2 nitrogen and oxygen atoms in total. The summed E-state index contributed by atoms with van der Waals surface area (Å²) >= 11 is 6.08. The number of nitrogens with two attached hydrogens (primary N) is 1. The molecule has 0 aliphatic carbocycles. The second-order valence-electron chi connectivity index (χ2n) is 5.94. The Morgan fingerprint density at radius 2 is 2.05 bits per heavy atom. The Hall–Kier alpha value is -0.570. The zero-order valence-corrected chi connectivity index (χ0v) is 13.0. The Bertz CT molecular complexity index is 431. The van der Waals surface area contributed by atoms with Gasteiger partial charge in [-0.1, -0.05) is 24.1 Å². The van der Waals surface area contributed by atoms with E-state index in [-0.39, 0.29) is 6.04 Å². The van der Waals surface area contributed by atoms with Gasteiger partial charge in [0.1, 0.15) is 0 Å². The van der Waals surface area contributed by atoms with Crippen LogP contribution in [0.5, 0.6) is 0 Å². The second kappa shape index (κ2) is 6.25. The number of hydrogen-bond acceptors (Lipinski definition) is 2. The van der Waals surface area contributed by atoms with Crippen molar-refractivity contribution in [2.75, 3.05) is 6.54 Å². The van der Waals surface area contributed by atoms with Gasteiger partial charge in [0.25, 0.3) is 0 Å². The van der Waals surface area contributed by atoms with E-state index in [0.29, 0.717) is 12.1 Å². The highest BCUT2D eigenvalue weighted by atomic mass is 35.5. The molecule has 1 aliphatic rings. The minimum Gasteiger partial charge on any atom is -0.326 e. The molecule has 0 radical (unpaired) electrons. The van der Waals surface area contributed by atoms with Crippen LogP contribution in [0.15, 0.2) is 18.2 Å². The summed E-state index contributed by atoms with van der Waals surface area (Å²) in [6.45, 7) is 7.79. The van der Waals surface area contributed by atoms with E-state index in [1.54, 1.807) is 0 Å². The standard InChI is InChI=1S/C16H25ClN2/c1-11(2)19-9-5-4-6-15(18)16(19)14-8-7-13(17)10-12(14)3/h7-8,10-11,15-16H,4-6,9,18H2,1-3H3. The van der Waals surface area contributed by atoms with Crippen molar-refractivity contribution < 1.29 is 0 Å². The zero-order valence-electron chi connectivity index (χ0n) is 12.2. The Morgan fingerprint density at radius 3 is 2.68 bits per heavy atom. The third-order valence-electron chi connectivity index (χ3n) is 4.18. The molecule has 1 heterocycles. The molecule has 1 fully saturated rings. The van der Waals surface area contributed by atoms with Gasteiger partial charge in [-0.05, 0) is 63.4 Å². The van der Waals surface area contributed by atoms with Crippen LogP contribution in [0.2, 0.25) is 5.02 Å². The van der Waals surface area contributed by atoms with Crippen molar-refractivity contribution in [2.45, 2.75) is 58.2 Å². The van der Waals surface area contributed by atoms with Crippen LogP contribution in [0.1, 0.15) is 50.3 Å². The summed E-state index contributed by atoms with van der Waals surface area (Å²) in [6.07, 6.45) is 3.58. The third-order valence-corrected chi connectivity index (χ3v) is 4.42. The van der Waals surface area contributed by atoms with Crippen molar-refractivity contribution in [3.8, 4) is 0 Å². The van der Waals surface area contributed by atoms with Gasteiger partial charge in [0.05, 0.1) is 6.04 Å². The first-order valence-electron chi connectivity index (χ1n) is 7.28. The van der Waals surface area contributed by atoms with E-state index >= 15 is 0 Å². The summed E-state index contributed by atoms with van der Waals surface area (Å²) in [5.41, 5.74) is 9.06. The molecule has 1 aromatic carbocycles. The molecule has 2 unspecified atom stereocenters. The predicted octanol–water partition coefficient (Wildman–Crippen LogP) is 3.91. The van der Waals surface area contributed by atoms with Crippen LogP contribution in [0.25, 0.3) is 0 Å². The maximum absolute atomic E-state index is 6.47. The molecule has 0 saturated carbocycles. The maximum Gasteiger partial charge on any atom is 0.0504 e. The Morgan fingerprint density at radius 1 is 1.32 bits per heavy atom. The number of halogens is 1. The summed E-state index contributed by atoms with van der Waals surface area (Å²) in [4.78, 5) is 2.55. The molecule has 2 atom stereocenters.